The molecule has 25 heavy (non-hydrogen) atoms. The number of para-hydroxylation sites is 1. The lowest BCUT2D eigenvalue weighted by atomic mass is 10.2. The van der Waals surface area contributed by atoms with Crippen molar-refractivity contribution in [2.45, 2.75) is 0 Å². The van der Waals surface area contributed by atoms with Gasteiger partial charge in [0.05, 0.1) is 0 Å². The topological polar surface area (TPSA) is 78.9 Å². The molecule has 128 valence electrons. The van der Waals surface area contributed by atoms with Gasteiger partial charge in [-0.05, 0) is 36.4 Å². The first-order valence-corrected chi connectivity index (χ1v) is 9.25. The average Bonchev–Trinajstić information content (AvgIpc) is 3.07. The molecule has 6 nitrogen and oxygen atoms in total. The molecule has 8 heteroatoms. The van der Waals surface area contributed by atoms with Gasteiger partial charge in [-0.25, -0.2) is 0 Å². The molecule has 0 aliphatic carbocycles. The number of halogens is 1. The van der Waals surface area contributed by atoms with Crippen LogP contribution >= 0.6 is 27.3 Å². The normalized spacial score (nSPS) is 10.3. The van der Waals surface area contributed by atoms with Crippen molar-refractivity contribution in [1.29, 1.82) is 0 Å². The fourth-order valence-electron chi connectivity index (χ4n) is 2.05. The van der Waals surface area contributed by atoms with Crippen LogP contribution < -0.4 is 16.0 Å². The van der Waals surface area contributed by atoms with Crippen LogP contribution in [0, 0.1) is 0 Å². The van der Waals surface area contributed by atoms with Crippen molar-refractivity contribution >= 4 is 49.1 Å². The molecule has 3 rings (SSSR count). The zero-order chi connectivity index (χ0) is 17.5. The first kappa shape index (κ1) is 17.4. The Morgan fingerprint density at radius 1 is 0.920 bits per heavy atom. The van der Waals surface area contributed by atoms with Crippen molar-refractivity contribution in [3.63, 3.8) is 0 Å². The van der Waals surface area contributed by atoms with Gasteiger partial charge < -0.3 is 10.6 Å². The molecular formula is C17H16BrN5OS. The molecule has 0 saturated carbocycles. The zero-order valence-electron chi connectivity index (χ0n) is 13.2. The summed E-state index contributed by atoms with van der Waals surface area (Å²) in [6, 6.07) is 17.1. The molecule has 1 amide bonds. The minimum Gasteiger partial charge on any atom is -0.383 e. The van der Waals surface area contributed by atoms with Crippen molar-refractivity contribution in [2.75, 3.05) is 29.0 Å². The van der Waals surface area contributed by atoms with Gasteiger partial charge in [0.25, 0.3) is 5.91 Å². The second kappa shape index (κ2) is 8.59. The third-order valence-electron chi connectivity index (χ3n) is 3.26. The third kappa shape index (κ3) is 5.27. The van der Waals surface area contributed by atoms with Crippen molar-refractivity contribution in [1.82, 2.24) is 10.2 Å². The second-order valence-corrected chi connectivity index (χ2v) is 6.99. The molecule has 0 spiro atoms. The summed E-state index contributed by atoms with van der Waals surface area (Å²) in [5.41, 5.74) is 1.64. The molecule has 0 aliphatic heterocycles. The highest BCUT2D eigenvalue weighted by atomic mass is 79.9. The summed E-state index contributed by atoms with van der Waals surface area (Å²) in [5.74, 6) is -0.207. The van der Waals surface area contributed by atoms with E-state index in [9.17, 15) is 4.79 Å². The van der Waals surface area contributed by atoms with Crippen LogP contribution in [0.4, 0.5) is 16.0 Å². The molecular weight excluding hydrogens is 402 g/mol. The largest absolute Gasteiger partial charge is 0.383 e. The maximum Gasteiger partial charge on any atom is 0.257 e. The Balaban J connectivity index is 1.45. The number of carbonyl (C=O) groups is 1. The molecule has 3 aromatic rings. The van der Waals surface area contributed by atoms with E-state index in [2.05, 4.69) is 42.1 Å². The lowest BCUT2D eigenvalue weighted by molar-refractivity contribution is 0.102. The van der Waals surface area contributed by atoms with Crippen LogP contribution in [0.15, 0.2) is 59.1 Å². The quantitative estimate of drug-likeness (QED) is 0.504. The van der Waals surface area contributed by atoms with E-state index in [0.717, 1.165) is 16.7 Å². The number of nitrogens with zero attached hydrogens (tertiary/aromatic N) is 2. The molecule has 2 aromatic carbocycles. The van der Waals surface area contributed by atoms with Gasteiger partial charge in [-0.1, -0.05) is 45.5 Å². The summed E-state index contributed by atoms with van der Waals surface area (Å²) in [4.78, 5) is 12.1. The average molecular weight is 418 g/mol. The molecule has 1 heterocycles. The SMILES string of the molecule is O=C(Nc1nnc(NCCNc2ccccc2)s1)c1ccc(Br)cc1. The first-order chi connectivity index (χ1) is 12.2. The minimum absolute atomic E-state index is 0.207. The summed E-state index contributed by atoms with van der Waals surface area (Å²) in [6.07, 6.45) is 0. The van der Waals surface area contributed by atoms with E-state index < -0.39 is 0 Å². The smallest absolute Gasteiger partial charge is 0.257 e. The molecule has 0 aliphatic rings. The van der Waals surface area contributed by atoms with E-state index in [1.807, 2.05) is 42.5 Å². The number of carbonyl (C=O) groups excluding carboxylic acids is 1. The number of nitrogens with one attached hydrogen (secondary N) is 3. The molecule has 0 atom stereocenters. The van der Waals surface area contributed by atoms with Gasteiger partial charge in [0, 0.05) is 28.8 Å². The number of aromatic nitrogens is 2. The van der Waals surface area contributed by atoms with Crippen LogP contribution in [0.2, 0.25) is 0 Å². The molecule has 0 saturated heterocycles. The Labute approximate surface area is 157 Å². The highest BCUT2D eigenvalue weighted by Crippen LogP contribution is 2.20. The van der Waals surface area contributed by atoms with Crippen LogP contribution in [0.5, 0.6) is 0 Å². The van der Waals surface area contributed by atoms with Crippen LogP contribution in [-0.4, -0.2) is 29.2 Å². The Hall–Kier alpha value is -2.45. The molecule has 3 N–H and O–H groups in total. The summed E-state index contributed by atoms with van der Waals surface area (Å²) in [6.45, 7) is 1.45. The number of hydrogen-bond acceptors (Lipinski definition) is 6. The Morgan fingerprint density at radius 2 is 1.60 bits per heavy atom. The van der Waals surface area contributed by atoms with Crippen LogP contribution in [0.1, 0.15) is 10.4 Å². The summed E-state index contributed by atoms with van der Waals surface area (Å²) in [7, 11) is 0. The van der Waals surface area contributed by atoms with Gasteiger partial charge in [-0.3, -0.25) is 10.1 Å². The number of rotatable bonds is 7. The van der Waals surface area contributed by atoms with E-state index in [4.69, 9.17) is 0 Å². The van der Waals surface area contributed by atoms with Gasteiger partial charge >= 0.3 is 0 Å². The van der Waals surface area contributed by atoms with E-state index >= 15 is 0 Å². The highest BCUT2D eigenvalue weighted by Gasteiger charge is 2.10. The van der Waals surface area contributed by atoms with E-state index in [1.165, 1.54) is 11.3 Å². The predicted octanol–water partition coefficient (Wildman–Crippen LogP) is 4.08. The lowest BCUT2D eigenvalue weighted by Gasteiger charge is -2.06. The lowest BCUT2D eigenvalue weighted by Crippen LogP contribution is -2.13. The van der Waals surface area contributed by atoms with Crippen LogP contribution in [0.3, 0.4) is 0 Å². The molecule has 0 radical (unpaired) electrons. The summed E-state index contributed by atoms with van der Waals surface area (Å²) < 4.78 is 0.926. The number of hydrogen-bond donors (Lipinski definition) is 3. The van der Waals surface area contributed by atoms with Gasteiger partial charge in [-0.15, -0.1) is 10.2 Å². The van der Waals surface area contributed by atoms with E-state index in [0.29, 0.717) is 22.4 Å². The van der Waals surface area contributed by atoms with Crippen molar-refractivity contribution in [3.8, 4) is 0 Å². The summed E-state index contributed by atoms with van der Waals surface area (Å²) >= 11 is 4.65. The van der Waals surface area contributed by atoms with E-state index in [-0.39, 0.29) is 5.91 Å². The van der Waals surface area contributed by atoms with Crippen molar-refractivity contribution < 1.29 is 4.79 Å². The molecule has 0 unspecified atom stereocenters. The highest BCUT2D eigenvalue weighted by molar-refractivity contribution is 9.10. The fraction of sp³-hybridized carbons (Fsp3) is 0.118. The third-order valence-corrected chi connectivity index (χ3v) is 4.58. The van der Waals surface area contributed by atoms with Crippen LogP contribution in [-0.2, 0) is 0 Å². The van der Waals surface area contributed by atoms with Crippen molar-refractivity contribution in [3.05, 3.63) is 64.6 Å². The maximum atomic E-state index is 12.1. The Kier molecular flexibility index (Phi) is 5.97. The standard InChI is InChI=1S/C17H16BrN5OS/c18-13-8-6-12(7-9-13)15(24)21-17-23-22-16(25-17)20-11-10-19-14-4-2-1-3-5-14/h1-9,19H,10-11H2,(H,20,22)(H,21,23,24). The second-order valence-electron chi connectivity index (χ2n) is 5.09. The van der Waals surface area contributed by atoms with Crippen molar-refractivity contribution in [2.24, 2.45) is 0 Å². The minimum atomic E-state index is -0.207. The van der Waals surface area contributed by atoms with Gasteiger partial charge in [0.2, 0.25) is 10.3 Å². The summed E-state index contributed by atoms with van der Waals surface area (Å²) in [5, 5.41) is 18.4. The first-order valence-electron chi connectivity index (χ1n) is 7.64. The maximum absolute atomic E-state index is 12.1. The van der Waals surface area contributed by atoms with Gasteiger partial charge in [0.15, 0.2) is 0 Å². The monoisotopic (exact) mass is 417 g/mol. The van der Waals surface area contributed by atoms with E-state index in [1.54, 1.807) is 12.1 Å². The zero-order valence-corrected chi connectivity index (χ0v) is 15.6. The molecule has 1 aromatic heterocycles. The number of benzene rings is 2. The molecule has 0 bridgehead atoms. The number of anilines is 3. The van der Waals surface area contributed by atoms with Gasteiger partial charge in [-0.2, -0.15) is 0 Å². The molecule has 0 fully saturated rings. The predicted molar refractivity (Wildman–Crippen MR) is 105 cm³/mol. The van der Waals surface area contributed by atoms with Gasteiger partial charge in [0.1, 0.15) is 0 Å². The number of amides is 1. The van der Waals surface area contributed by atoms with Crippen LogP contribution in [0.25, 0.3) is 0 Å². The Morgan fingerprint density at radius 3 is 2.36 bits per heavy atom. The fourth-order valence-corrected chi connectivity index (χ4v) is 2.98. The Bertz CT molecular complexity index is 823.